The molecule has 0 saturated heterocycles. The lowest BCUT2D eigenvalue weighted by Gasteiger charge is -2.03. The number of benzene rings is 2. The third-order valence-electron chi connectivity index (χ3n) is 4.15. The Morgan fingerprint density at radius 2 is 1.90 bits per heavy atom. The van der Waals surface area contributed by atoms with Gasteiger partial charge in [-0.3, -0.25) is 4.79 Å². The van der Waals surface area contributed by atoms with Crippen molar-refractivity contribution in [2.75, 3.05) is 11.1 Å². The normalized spacial score (nSPS) is 10.9. The van der Waals surface area contributed by atoms with Gasteiger partial charge in [-0.1, -0.05) is 70.8 Å². The highest BCUT2D eigenvalue weighted by Gasteiger charge is 2.12. The Hall–Kier alpha value is -1.61. The third-order valence-corrected chi connectivity index (χ3v) is 8.19. The van der Waals surface area contributed by atoms with E-state index >= 15 is 0 Å². The maximum atomic E-state index is 12.3. The number of carbonyl (C=O) groups excluding carboxylic acids is 1. The Morgan fingerprint density at radius 3 is 2.71 bits per heavy atom. The topological polar surface area (TPSA) is 54.9 Å². The quantitative estimate of drug-likeness (QED) is 0.253. The summed E-state index contributed by atoms with van der Waals surface area (Å²) in [6.07, 6.45) is 2.35. The predicted octanol–water partition coefficient (Wildman–Crippen LogP) is 7.55. The number of thioether (sulfide) groups is 1. The smallest absolute Gasteiger partial charge is 0.236 e. The highest BCUT2D eigenvalue weighted by atomic mass is 35.5. The zero-order valence-electron chi connectivity index (χ0n) is 15.8. The minimum Gasteiger partial charge on any atom is -0.301 e. The van der Waals surface area contributed by atoms with E-state index in [2.05, 4.69) is 15.3 Å². The molecule has 0 bridgehead atoms. The summed E-state index contributed by atoms with van der Waals surface area (Å²) in [4.78, 5) is 22.2. The Bertz CT molecular complexity index is 1210. The van der Waals surface area contributed by atoms with E-state index < -0.39 is 0 Å². The molecule has 4 rings (SSSR count). The average Bonchev–Trinajstić information content (AvgIpc) is 3.40. The fourth-order valence-electron chi connectivity index (χ4n) is 2.68. The second-order valence-electron chi connectivity index (χ2n) is 6.36. The van der Waals surface area contributed by atoms with Crippen molar-refractivity contribution in [3.63, 3.8) is 0 Å². The summed E-state index contributed by atoms with van der Waals surface area (Å²) in [5.41, 5.74) is 2.78. The van der Waals surface area contributed by atoms with Crippen LogP contribution >= 0.6 is 69.2 Å². The van der Waals surface area contributed by atoms with Crippen molar-refractivity contribution >= 4 is 80.3 Å². The lowest BCUT2D eigenvalue weighted by molar-refractivity contribution is -0.113. The minimum atomic E-state index is -0.130. The molecular weight excluding hydrogens is 513 g/mol. The molecule has 0 aliphatic heterocycles. The monoisotopic (exact) mass is 525 g/mol. The molecule has 4 nitrogen and oxygen atoms in total. The Labute approximate surface area is 206 Å². The number of nitrogens with one attached hydrogen (secondary N) is 1. The molecule has 0 fully saturated rings. The van der Waals surface area contributed by atoms with Gasteiger partial charge in [-0.05, 0) is 23.8 Å². The molecule has 2 aromatic carbocycles. The van der Waals surface area contributed by atoms with Crippen LogP contribution in [-0.4, -0.2) is 21.6 Å². The number of nitrogens with zero attached hydrogens (tertiary/aromatic N) is 2. The first-order valence-corrected chi connectivity index (χ1v) is 12.8. The molecule has 0 aliphatic rings. The van der Waals surface area contributed by atoms with Crippen molar-refractivity contribution in [1.82, 2.24) is 9.97 Å². The Kier molecular flexibility index (Phi) is 7.53. The molecule has 2 heterocycles. The van der Waals surface area contributed by atoms with E-state index in [1.54, 1.807) is 12.3 Å². The molecule has 0 aliphatic carbocycles. The number of hydrogen-bond donors (Lipinski definition) is 1. The standard InChI is InChI=1S/C21H14Cl3N3OS3/c22-14-6-4-12(5-7-14)17-10-29-21(26-17)30-11-18(28)27-20-25-9-15(31-20)8-13-2-1-3-16(23)19(13)24/h1-7,9-10H,8,11H2,(H,25,27,28). The summed E-state index contributed by atoms with van der Waals surface area (Å²) in [5, 5.41) is 7.12. The molecule has 1 amide bonds. The van der Waals surface area contributed by atoms with Crippen molar-refractivity contribution in [3.8, 4) is 11.3 Å². The molecule has 158 valence electrons. The lowest BCUT2D eigenvalue weighted by atomic mass is 10.1. The molecule has 0 atom stereocenters. The van der Waals surface area contributed by atoms with Crippen molar-refractivity contribution in [3.05, 3.63) is 79.5 Å². The molecule has 0 unspecified atom stereocenters. The molecule has 31 heavy (non-hydrogen) atoms. The van der Waals surface area contributed by atoms with E-state index in [0.29, 0.717) is 26.6 Å². The highest BCUT2D eigenvalue weighted by molar-refractivity contribution is 8.01. The van der Waals surface area contributed by atoms with Crippen LogP contribution < -0.4 is 5.32 Å². The van der Waals surface area contributed by atoms with Gasteiger partial charge < -0.3 is 5.32 Å². The van der Waals surface area contributed by atoms with E-state index in [4.69, 9.17) is 34.8 Å². The number of halogens is 3. The van der Waals surface area contributed by atoms with Gasteiger partial charge in [-0.15, -0.1) is 22.7 Å². The van der Waals surface area contributed by atoms with Gasteiger partial charge >= 0.3 is 0 Å². The van der Waals surface area contributed by atoms with Gasteiger partial charge in [-0.2, -0.15) is 0 Å². The van der Waals surface area contributed by atoms with E-state index in [9.17, 15) is 4.79 Å². The van der Waals surface area contributed by atoms with Gasteiger partial charge in [0, 0.05) is 33.5 Å². The second-order valence-corrected chi connectivity index (χ2v) is 10.8. The first kappa shape index (κ1) is 22.6. The van der Waals surface area contributed by atoms with Crippen LogP contribution in [-0.2, 0) is 11.2 Å². The van der Waals surface area contributed by atoms with Crippen LogP contribution in [0.2, 0.25) is 15.1 Å². The summed E-state index contributed by atoms with van der Waals surface area (Å²) in [7, 11) is 0. The van der Waals surface area contributed by atoms with Crippen LogP contribution in [0.1, 0.15) is 10.4 Å². The van der Waals surface area contributed by atoms with E-state index in [1.165, 1.54) is 34.4 Å². The predicted molar refractivity (Wildman–Crippen MR) is 133 cm³/mol. The Morgan fingerprint density at radius 1 is 1.10 bits per heavy atom. The summed E-state index contributed by atoms with van der Waals surface area (Å²) in [5.74, 6) is 0.123. The number of rotatable bonds is 7. The van der Waals surface area contributed by atoms with Crippen molar-refractivity contribution < 1.29 is 4.79 Å². The fraction of sp³-hybridized carbons (Fsp3) is 0.0952. The summed E-state index contributed by atoms with van der Waals surface area (Å²) < 4.78 is 0.829. The van der Waals surface area contributed by atoms with Crippen LogP contribution in [0.4, 0.5) is 5.13 Å². The van der Waals surface area contributed by atoms with Crippen LogP contribution in [0, 0.1) is 0 Å². The van der Waals surface area contributed by atoms with E-state index in [1.807, 2.05) is 41.8 Å². The fourth-order valence-corrected chi connectivity index (χ4v) is 5.68. The zero-order valence-corrected chi connectivity index (χ0v) is 20.5. The van der Waals surface area contributed by atoms with Crippen LogP contribution in [0.5, 0.6) is 0 Å². The molecule has 2 aromatic heterocycles. The van der Waals surface area contributed by atoms with Crippen molar-refractivity contribution in [2.24, 2.45) is 0 Å². The highest BCUT2D eigenvalue weighted by Crippen LogP contribution is 2.31. The zero-order chi connectivity index (χ0) is 21.8. The Balaban J connectivity index is 1.31. The molecule has 10 heteroatoms. The van der Waals surface area contributed by atoms with Gasteiger partial charge in [0.05, 0.1) is 21.5 Å². The molecule has 1 N–H and O–H groups in total. The van der Waals surface area contributed by atoms with Gasteiger partial charge in [0.25, 0.3) is 0 Å². The van der Waals surface area contributed by atoms with Gasteiger partial charge in [0.1, 0.15) is 0 Å². The summed E-state index contributed by atoms with van der Waals surface area (Å²) >= 11 is 22.6. The maximum absolute atomic E-state index is 12.3. The second kappa shape index (κ2) is 10.3. The number of hydrogen-bond acceptors (Lipinski definition) is 6. The number of thiazole rings is 2. The van der Waals surface area contributed by atoms with Crippen LogP contribution in [0.15, 0.2) is 58.4 Å². The van der Waals surface area contributed by atoms with Crippen LogP contribution in [0.25, 0.3) is 11.3 Å². The molecule has 0 saturated carbocycles. The maximum Gasteiger partial charge on any atom is 0.236 e. The first-order valence-electron chi connectivity index (χ1n) is 8.99. The summed E-state index contributed by atoms with van der Waals surface area (Å²) in [6, 6.07) is 13.1. The van der Waals surface area contributed by atoms with E-state index in [-0.39, 0.29) is 11.7 Å². The number of amides is 1. The van der Waals surface area contributed by atoms with Gasteiger partial charge in [0.2, 0.25) is 5.91 Å². The lowest BCUT2D eigenvalue weighted by Crippen LogP contribution is -2.13. The van der Waals surface area contributed by atoms with Gasteiger partial charge in [0.15, 0.2) is 9.47 Å². The largest absolute Gasteiger partial charge is 0.301 e. The summed E-state index contributed by atoms with van der Waals surface area (Å²) in [6.45, 7) is 0. The molecule has 4 aromatic rings. The number of aromatic nitrogens is 2. The van der Waals surface area contributed by atoms with Crippen molar-refractivity contribution in [2.45, 2.75) is 10.8 Å². The molecule has 0 radical (unpaired) electrons. The van der Waals surface area contributed by atoms with Crippen LogP contribution in [0.3, 0.4) is 0 Å². The molecular formula is C21H14Cl3N3OS3. The number of carbonyl (C=O) groups is 1. The third kappa shape index (κ3) is 6.00. The van der Waals surface area contributed by atoms with E-state index in [0.717, 1.165) is 26.0 Å². The molecule has 0 spiro atoms. The minimum absolute atomic E-state index is 0.130. The van der Waals surface area contributed by atoms with Gasteiger partial charge in [-0.25, -0.2) is 9.97 Å². The number of anilines is 1. The average molecular weight is 527 g/mol. The SMILES string of the molecule is O=C(CSc1nc(-c2ccc(Cl)cc2)cs1)Nc1ncc(Cc2cccc(Cl)c2Cl)s1. The first-order chi connectivity index (χ1) is 15.0. The van der Waals surface area contributed by atoms with Crippen molar-refractivity contribution in [1.29, 1.82) is 0 Å².